The van der Waals surface area contributed by atoms with Crippen LogP contribution in [0.4, 0.5) is 0 Å². The predicted molar refractivity (Wildman–Crippen MR) is 78.4 cm³/mol. The van der Waals surface area contributed by atoms with Crippen molar-refractivity contribution < 1.29 is 9.53 Å². The van der Waals surface area contributed by atoms with Crippen molar-refractivity contribution in [2.45, 2.75) is 12.8 Å². The lowest BCUT2D eigenvalue weighted by Gasteiger charge is -2.31. The van der Waals surface area contributed by atoms with Crippen LogP contribution in [-0.4, -0.2) is 36.0 Å². The minimum atomic E-state index is 0.0128. The Labute approximate surface area is 118 Å². The van der Waals surface area contributed by atoms with Crippen LogP contribution in [0, 0.1) is 5.92 Å². The zero-order chi connectivity index (χ0) is 13.8. The third-order valence-electron chi connectivity index (χ3n) is 3.52. The van der Waals surface area contributed by atoms with Gasteiger partial charge in [0.25, 0.3) is 5.91 Å². The molecule has 1 saturated heterocycles. The molecule has 2 N–H and O–H groups in total. The normalized spacial score (nSPS) is 16.2. The van der Waals surface area contributed by atoms with Crippen molar-refractivity contribution in [3.8, 4) is 5.75 Å². The summed E-state index contributed by atoms with van der Waals surface area (Å²) in [5.41, 5.74) is 6.26. The van der Waals surface area contributed by atoms with E-state index in [1.807, 2.05) is 17.0 Å². The highest BCUT2D eigenvalue weighted by atomic mass is 32.1. The number of ether oxygens (including phenoxy) is 1. The van der Waals surface area contributed by atoms with Gasteiger partial charge in [-0.1, -0.05) is 24.4 Å². The first kappa shape index (κ1) is 13.8. The molecule has 0 unspecified atom stereocenters. The first-order valence-corrected chi connectivity index (χ1v) is 6.76. The molecule has 19 heavy (non-hydrogen) atoms. The monoisotopic (exact) mass is 278 g/mol. The zero-order valence-electron chi connectivity index (χ0n) is 11.0. The molecule has 1 fully saturated rings. The molecule has 0 atom stereocenters. The fourth-order valence-electron chi connectivity index (χ4n) is 2.36. The van der Waals surface area contributed by atoms with Gasteiger partial charge < -0.3 is 15.4 Å². The van der Waals surface area contributed by atoms with Crippen LogP contribution in [0.15, 0.2) is 24.3 Å². The number of carbonyl (C=O) groups excluding carboxylic acids is 1. The summed E-state index contributed by atoms with van der Waals surface area (Å²) in [7, 11) is 1.57. The summed E-state index contributed by atoms with van der Waals surface area (Å²) in [6, 6.07) is 7.29. The van der Waals surface area contributed by atoms with Gasteiger partial charge in [0, 0.05) is 19.0 Å². The average Bonchev–Trinajstić information content (AvgIpc) is 2.46. The van der Waals surface area contributed by atoms with Gasteiger partial charge in [-0.3, -0.25) is 4.79 Å². The van der Waals surface area contributed by atoms with Gasteiger partial charge in [-0.2, -0.15) is 0 Å². The highest BCUT2D eigenvalue weighted by molar-refractivity contribution is 7.80. The molecule has 1 aliphatic rings. The lowest BCUT2D eigenvalue weighted by molar-refractivity contribution is 0.0707. The number of methoxy groups -OCH3 is 1. The lowest BCUT2D eigenvalue weighted by Crippen LogP contribution is -2.41. The van der Waals surface area contributed by atoms with Crippen molar-refractivity contribution in [1.29, 1.82) is 0 Å². The van der Waals surface area contributed by atoms with Crippen LogP contribution in [0.3, 0.4) is 0 Å². The molecule has 1 heterocycles. The molecule has 0 aromatic heterocycles. The molecule has 2 rings (SSSR count). The molecule has 102 valence electrons. The summed E-state index contributed by atoms with van der Waals surface area (Å²) in [5.74, 6) is 0.888. The molecule has 4 nitrogen and oxygen atoms in total. The molecule has 0 saturated carbocycles. The number of nitrogens with zero attached hydrogens (tertiary/aromatic N) is 1. The van der Waals surface area contributed by atoms with E-state index in [9.17, 15) is 4.79 Å². The number of amides is 1. The number of piperidine rings is 1. The number of rotatable bonds is 3. The molecular formula is C14H18N2O2S. The number of hydrogen-bond donors (Lipinski definition) is 1. The fourth-order valence-corrected chi connectivity index (χ4v) is 2.59. The molecule has 1 aliphatic heterocycles. The molecule has 1 amide bonds. The first-order valence-electron chi connectivity index (χ1n) is 6.35. The highest BCUT2D eigenvalue weighted by Crippen LogP contribution is 2.23. The number of likely N-dealkylation sites (tertiary alicyclic amines) is 1. The van der Waals surface area contributed by atoms with Gasteiger partial charge >= 0.3 is 0 Å². The van der Waals surface area contributed by atoms with E-state index >= 15 is 0 Å². The van der Waals surface area contributed by atoms with Gasteiger partial charge in [0.1, 0.15) is 5.75 Å². The van der Waals surface area contributed by atoms with Gasteiger partial charge in [-0.25, -0.2) is 0 Å². The number of hydrogen-bond acceptors (Lipinski definition) is 3. The smallest absolute Gasteiger partial charge is 0.257 e. The van der Waals surface area contributed by atoms with Crippen molar-refractivity contribution >= 4 is 23.1 Å². The minimum Gasteiger partial charge on any atom is -0.496 e. The van der Waals surface area contributed by atoms with E-state index in [4.69, 9.17) is 22.7 Å². The van der Waals surface area contributed by atoms with E-state index in [2.05, 4.69) is 0 Å². The Kier molecular flexibility index (Phi) is 4.37. The summed E-state index contributed by atoms with van der Waals surface area (Å²) in [4.78, 5) is 14.8. The highest BCUT2D eigenvalue weighted by Gasteiger charge is 2.26. The molecule has 0 spiro atoms. The maximum absolute atomic E-state index is 12.4. The third kappa shape index (κ3) is 3.04. The zero-order valence-corrected chi connectivity index (χ0v) is 11.8. The second-order valence-electron chi connectivity index (χ2n) is 4.67. The van der Waals surface area contributed by atoms with Crippen LogP contribution in [0.5, 0.6) is 5.75 Å². The van der Waals surface area contributed by atoms with Crippen molar-refractivity contribution in [2.75, 3.05) is 20.2 Å². The Hall–Kier alpha value is -1.62. The van der Waals surface area contributed by atoms with Gasteiger partial charge in [-0.05, 0) is 25.0 Å². The summed E-state index contributed by atoms with van der Waals surface area (Å²) >= 11 is 5.01. The number of thiocarbonyl (C=S) groups is 1. The van der Waals surface area contributed by atoms with Crippen LogP contribution in [-0.2, 0) is 0 Å². The van der Waals surface area contributed by atoms with Crippen LogP contribution < -0.4 is 10.5 Å². The topological polar surface area (TPSA) is 55.6 Å². The van der Waals surface area contributed by atoms with E-state index in [1.165, 1.54) is 0 Å². The summed E-state index contributed by atoms with van der Waals surface area (Å²) < 4.78 is 5.23. The standard InChI is InChI=1S/C14H18N2O2S/c1-18-12-5-3-2-4-11(12)14(17)16-8-6-10(7-9-16)13(15)19/h2-5,10H,6-9H2,1H3,(H2,15,19). The molecule has 1 aromatic carbocycles. The van der Waals surface area contributed by atoms with E-state index < -0.39 is 0 Å². The van der Waals surface area contributed by atoms with Gasteiger partial charge in [0.2, 0.25) is 0 Å². The first-order chi connectivity index (χ1) is 9.13. The molecule has 0 bridgehead atoms. The Balaban J connectivity index is 2.07. The van der Waals surface area contributed by atoms with Crippen molar-refractivity contribution in [3.63, 3.8) is 0 Å². The van der Waals surface area contributed by atoms with Crippen LogP contribution in [0.1, 0.15) is 23.2 Å². The number of benzene rings is 1. The maximum Gasteiger partial charge on any atom is 0.257 e. The predicted octanol–water partition coefficient (Wildman–Crippen LogP) is 1.83. The molecule has 0 aliphatic carbocycles. The van der Waals surface area contributed by atoms with E-state index in [-0.39, 0.29) is 11.8 Å². The fraction of sp³-hybridized carbons (Fsp3) is 0.429. The molecule has 0 radical (unpaired) electrons. The van der Waals surface area contributed by atoms with Gasteiger partial charge in [0.15, 0.2) is 0 Å². The van der Waals surface area contributed by atoms with Crippen molar-refractivity contribution in [1.82, 2.24) is 4.90 Å². The summed E-state index contributed by atoms with van der Waals surface area (Å²) in [5, 5.41) is 0. The Morgan fingerprint density at radius 2 is 2.00 bits per heavy atom. The van der Waals surface area contributed by atoms with E-state index in [1.54, 1.807) is 19.2 Å². The maximum atomic E-state index is 12.4. The summed E-state index contributed by atoms with van der Waals surface area (Å²) in [6.07, 6.45) is 1.69. The minimum absolute atomic E-state index is 0.0128. The van der Waals surface area contributed by atoms with Crippen LogP contribution >= 0.6 is 12.2 Å². The van der Waals surface area contributed by atoms with Gasteiger partial charge in [-0.15, -0.1) is 0 Å². The van der Waals surface area contributed by atoms with E-state index in [0.717, 1.165) is 12.8 Å². The average molecular weight is 278 g/mol. The van der Waals surface area contributed by atoms with Crippen molar-refractivity contribution in [3.05, 3.63) is 29.8 Å². The van der Waals surface area contributed by atoms with Gasteiger partial charge in [0.05, 0.1) is 17.7 Å². The van der Waals surface area contributed by atoms with Crippen molar-refractivity contribution in [2.24, 2.45) is 11.7 Å². The Morgan fingerprint density at radius 3 is 2.58 bits per heavy atom. The Morgan fingerprint density at radius 1 is 1.37 bits per heavy atom. The quantitative estimate of drug-likeness (QED) is 0.857. The molecule has 1 aromatic rings. The van der Waals surface area contributed by atoms with Crippen LogP contribution in [0.2, 0.25) is 0 Å². The Bertz CT molecular complexity index is 482. The largest absolute Gasteiger partial charge is 0.496 e. The number of para-hydroxylation sites is 1. The lowest BCUT2D eigenvalue weighted by atomic mass is 9.96. The second-order valence-corrected chi connectivity index (χ2v) is 5.14. The van der Waals surface area contributed by atoms with Crippen LogP contribution in [0.25, 0.3) is 0 Å². The number of nitrogens with two attached hydrogens (primary N) is 1. The third-order valence-corrected chi connectivity index (χ3v) is 3.86. The summed E-state index contributed by atoms with van der Waals surface area (Å²) in [6.45, 7) is 1.39. The number of carbonyl (C=O) groups is 1. The SMILES string of the molecule is COc1ccccc1C(=O)N1CCC(C(N)=S)CC1. The van der Waals surface area contributed by atoms with E-state index in [0.29, 0.717) is 29.4 Å². The molecule has 5 heteroatoms. The second kappa shape index (κ2) is 6.02. The molecular weight excluding hydrogens is 260 g/mol.